The largest absolute Gasteiger partial charge is 0.481 e. The van der Waals surface area contributed by atoms with E-state index in [0.29, 0.717) is 30.7 Å². The average Bonchev–Trinajstić information content (AvgIpc) is 3.37. The van der Waals surface area contributed by atoms with Crippen LogP contribution in [0.2, 0.25) is 0 Å². The summed E-state index contributed by atoms with van der Waals surface area (Å²) >= 11 is 0. The quantitative estimate of drug-likeness (QED) is 0.417. The molecule has 10 heteroatoms. The summed E-state index contributed by atoms with van der Waals surface area (Å²) in [6, 6.07) is 12.7. The van der Waals surface area contributed by atoms with Crippen molar-refractivity contribution >= 4 is 17.0 Å². The third-order valence-electron chi connectivity index (χ3n) is 7.94. The highest BCUT2D eigenvalue weighted by atomic mass is 16.5. The number of nitriles is 1. The summed E-state index contributed by atoms with van der Waals surface area (Å²) in [5.74, 6) is 1.02. The van der Waals surface area contributed by atoms with Gasteiger partial charge in [0.1, 0.15) is 11.9 Å². The standard InChI is InChI=1S/C28H28N8O2/c1-38-27-5-2-18(9-31-27)12-35-22-6-23(35)14-34(13-22)26-4-3-19(10-30-26)25-7-21(33-16-24(37)17-33)15-36-28(25)20(8-29)11-32-36/h2-5,7,9-11,15,22-24,37H,6,12-14,16-17H2,1H3/i1D3. The number of hydrogen-bond acceptors (Lipinski definition) is 9. The van der Waals surface area contributed by atoms with Crippen LogP contribution in [0.4, 0.5) is 11.5 Å². The molecule has 38 heavy (non-hydrogen) atoms. The number of aliphatic hydroxyl groups excluding tert-OH is 1. The first-order chi connectivity index (χ1) is 19.7. The molecule has 4 aromatic heterocycles. The van der Waals surface area contributed by atoms with Gasteiger partial charge >= 0.3 is 0 Å². The zero-order valence-electron chi connectivity index (χ0n) is 23.6. The van der Waals surface area contributed by atoms with Gasteiger partial charge in [0, 0.05) is 74.4 Å². The molecular weight excluding hydrogens is 480 g/mol. The van der Waals surface area contributed by atoms with Crippen molar-refractivity contribution in [2.75, 3.05) is 43.0 Å². The fraction of sp³-hybridized carbons (Fsp3) is 0.357. The summed E-state index contributed by atoms with van der Waals surface area (Å²) in [6.45, 7) is 3.64. The predicted molar refractivity (Wildman–Crippen MR) is 142 cm³/mol. The lowest BCUT2D eigenvalue weighted by Crippen LogP contribution is -2.68. The first-order valence-corrected chi connectivity index (χ1v) is 12.7. The summed E-state index contributed by atoms with van der Waals surface area (Å²) < 4.78 is 28.2. The molecule has 192 valence electrons. The van der Waals surface area contributed by atoms with E-state index in [0.717, 1.165) is 59.8 Å². The van der Waals surface area contributed by atoms with Crippen LogP contribution in [0.3, 0.4) is 0 Å². The van der Waals surface area contributed by atoms with Crippen molar-refractivity contribution < 1.29 is 14.0 Å². The van der Waals surface area contributed by atoms with Crippen molar-refractivity contribution in [1.29, 1.82) is 5.26 Å². The number of aromatic nitrogens is 4. The van der Waals surface area contributed by atoms with Gasteiger partial charge in [0.25, 0.3) is 0 Å². The molecule has 10 nitrogen and oxygen atoms in total. The van der Waals surface area contributed by atoms with Crippen LogP contribution in [0, 0.1) is 11.3 Å². The van der Waals surface area contributed by atoms with E-state index < -0.39 is 7.04 Å². The molecule has 4 fully saturated rings. The summed E-state index contributed by atoms with van der Waals surface area (Å²) in [7, 11) is -2.51. The number of ether oxygens (including phenoxy) is 1. The van der Waals surface area contributed by atoms with Crippen LogP contribution in [0.1, 0.15) is 21.7 Å². The minimum atomic E-state index is -2.51. The van der Waals surface area contributed by atoms with E-state index in [1.807, 2.05) is 36.7 Å². The van der Waals surface area contributed by atoms with Gasteiger partial charge in [-0.1, -0.05) is 6.07 Å². The zero-order valence-corrected chi connectivity index (χ0v) is 20.6. The molecule has 1 N–H and O–H groups in total. The number of fused-ring (bicyclic) bond motifs is 3. The molecule has 2 bridgehead atoms. The molecule has 0 saturated carbocycles. The molecule has 0 aliphatic carbocycles. The number of piperidine rings is 1. The van der Waals surface area contributed by atoms with Crippen LogP contribution in [0.25, 0.3) is 16.6 Å². The second-order valence-electron chi connectivity index (χ2n) is 10.3. The Morgan fingerprint density at radius 3 is 2.63 bits per heavy atom. The normalized spacial score (nSPS) is 22.7. The van der Waals surface area contributed by atoms with Gasteiger partial charge in [-0.2, -0.15) is 10.4 Å². The maximum absolute atomic E-state index is 9.78. The summed E-state index contributed by atoms with van der Waals surface area (Å²) in [5, 5.41) is 23.9. The molecule has 0 spiro atoms. The van der Waals surface area contributed by atoms with E-state index in [1.165, 1.54) is 0 Å². The van der Waals surface area contributed by atoms with Crippen molar-refractivity contribution in [2.24, 2.45) is 0 Å². The summed E-state index contributed by atoms with van der Waals surface area (Å²) in [6.07, 6.45) is 7.83. The van der Waals surface area contributed by atoms with Gasteiger partial charge < -0.3 is 19.6 Å². The number of nitrogens with zero attached hydrogens (tertiary/aromatic N) is 8. The SMILES string of the molecule is [2H]C([2H])([2H])Oc1ccc(CN2C3CC2CN(c2ccc(-c4cc(N5CC(O)C5)cn5ncc(C#N)c45)cn2)C3)cn1. The Labute approximate surface area is 224 Å². The molecule has 2 unspecified atom stereocenters. The maximum atomic E-state index is 9.78. The Kier molecular flexibility index (Phi) is 4.69. The van der Waals surface area contributed by atoms with E-state index in [1.54, 1.807) is 23.0 Å². The van der Waals surface area contributed by atoms with E-state index in [9.17, 15) is 10.4 Å². The van der Waals surface area contributed by atoms with Gasteiger partial charge in [-0.25, -0.2) is 14.5 Å². The second kappa shape index (κ2) is 8.97. The monoisotopic (exact) mass is 511 g/mol. The highest BCUT2D eigenvalue weighted by Crippen LogP contribution is 2.37. The Bertz CT molecular complexity index is 1620. The van der Waals surface area contributed by atoms with Gasteiger partial charge in [0.2, 0.25) is 5.88 Å². The fourth-order valence-corrected chi connectivity index (χ4v) is 5.89. The molecule has 4 saturated heterocycles. The Morgan fingerprint density at radius 2 is 1.95 bits per heavy atom. The highest BCUT2D eigenvalue weighted by Gasteiger charge is 2.44. The lowest BCUT2D eigenvalue weighted by molar-refractivity contribution is -0.00876. The van der Waals surface area contributed by atoms with E-state index in [4.69, 9.17) is 13.8 Å². The lowest BCUT2D eigenvalue weighted by atomic mass is 9.87. The zero-order chi connectivity index (χ0) is 28.3. The van der Waals surface area contributed by atoms with E-state index in [-0.39, 0.29) is 12.0 Å². The Hall–Kier alpha value is -4.20. The lowest BCUT2D eigenvalue weighted by Gasteiger charge is -2.56. The number of piperazine rings is 1. The molecule has 4 aliphatic heterocycles. The van der Waals surface area contributed by atoms with Crippen molar-refractivity contribution in [3.8, 4) is 23.1 Å². The number of methoxy groups -OCH3 is 1. The number of rotatable bonds is 6. The van der Waals surface area contributed by atoms with Crippen LogP contribution >= 0.6 is 0 Å². The number of aliphatic hydroxyl groups is 1. The highest BCUT2D eigenvalue weighted by molar-refractivity contribution is 5.86. The number of β-amino-alcohol motifs (C(OH)–C–C–N with tert-alkyl or cyclic N) is 1. The average molecular weight is 512 g/mol. The molecule has 4 aromatic rings. The smallest absolute Gasteiger partial charge is 0.212 e. The molecule has 8 rings (SSSR count). The number of pyridine rings is 3. The van der Waals surface area contributed by atoms with E-state index in [2.05, 4.69) is 30.9 Å². The van der Waals surface area contributed by atoms with Crippen molar-refractivity contribution in [1.82, 2.24) is 24.5 Å². The maximum Gasteiger partial charge on any atom is 0.212 e. The summed E-state index contributed by atoms with van der Waals surface area (Å²) in [4.78, 5) is 15.8. The summed E-state index contributed by atoms with van der Waals surface area (Å²) in [5.41, 5.74) is 5.00. The molecular formula is C28H28N8O2. The van der Waals surface area contributed by atoms with Gasteiger partial charge in [-0.15, -0.1) is 0 Å². The predicted octanol–water partition coefficient (Wildman–Crippen LogP) is 2.32. The Morgan fingerprint density at radius 1 is 1.08 bits per heavy atom. The fourth-order valence-electron chi connectivity index (χ4n) is 5.89. The van der Waals surface area contributed by atoms with Crippen LogP contribution in [0.5, 0.6) is 5.88 Å². The minimum Gasteiger partial charge on any atom is -0.481 e. The van der Waals surface area contributed by atoms with Crippen molar-refractivity contribution in [3.05, 3.63) is 66.2 Å². The molecule has 8 heterocycles. The van der Waals surface area contributed by atoms with Crippen LogP contribution < -0.4 is 14.5 Å². The molecule has 2 atom stereocenters. The molecule has 0 amide bonds. The second-order valence-corrected chi connectivity index (χ2v) is 10.3. The molecule has 4 aliphatic rings. The van der Waals surface area contributed by atoms with Crippen LogP contribution in [0.15, 0.2) is 55.1 Å². The topological polar surface area (TPSA) is 106 Å². The first-order valence-electron chi connectivity index (χ1n) is 14.2. The van der Waals surface area contributed by atoms with Crippen LogP contribution in [-0.2, 0) is 6.54 Å². The van der Waals surface area contributed by atoms with Gasteiger partial charge in [-0.3, -0.25) is 4.90 Å². The van der Waals surface area contributed by atoms with Crippen molar-refractivity contribution in [3.63, 3.8) is 0 Å². The first kappa shape index (κ1) is 19.9. The third kappa shape index (κ3) is 3.83. The van der Waals surface area contributed by atoms with Gasteiger partial charge in [0.05, 0.1) is 46.4 Å². The van der Waals surface area contributed by atoms with E-state index >= 15 is 0 Å². The van der Waals surface area contributed by atoms with Crippen LogP contribution in [-0.4, -0.2) is 81.0 Å². The minimum absolute atomic E-state index is 0.0992. The molecule has 0 radical (unpaired) electrons. The third-order valence-corrected chi connectivity index (χ3v) is 7.94. The van der Waals surface area contributed by atoms with Crippen molar-refractivity contribution in [2.45, 2.75) is 31.2 Å². The number of hydrogen-bond donors (Lipinski definition) is 1. The molecule has 0 aromatic carbocycles. The number of anilines is 2. The van der Waals surface area contributed by atoms with Gasteiger partial charge in [0.15, 0.2) is 0 Å². The Balaban J connectivity index is 1.05. The van der Waals surface area contributed by atoms with Gasteiger partial charge in [-0.05, 0) is 30.2 Å².